The summed E-state index contributed by atoms with van der Waals surface area (Å²) < 4.78 is 0. The molecule has 4 nitrogen and oxygen atoms in total. The van der Waals surface area contributed by atoms with E-state index in [1.165, 1.54) is 0 Å². The standard InChI is InChI=1S/C25H35NO3/c1-5-6-16(2)13-17(3)18(4)23-22(27)15-21(24(23)28)14-19-9-11-26(12-10-19)25(29)20-7-8-20/h6,13,19-21,23H,4-5,7-12,14-15H2,1-3H3/b16-6-,17-13-. The van der Waals surface area contributed by atoms with E-state index < -0.39 is 5.92 Å². The SMILES string of the molecule is C=C(/C(C)=C\C(C)=C/CC)C1C(=O)CC(CC2CCN(C(=O)C3CC3)CC2)C1=O. The summed E-state index contributed by atoms with van der Waals surface area (Å²) in [5, 5.41) is 0. The maximum Gasteiger partial charge on any atom is 0.225 e. The first kappa shape index (κ1) is 21.7. The second kappa shape index (κ2) is 9.23. The lowest BCUT2D eigenvalue weighted by Crippen LogP contribution is -2.39. The van der Waals surface area contributed by atoms with Crippen molar-refractivity contribution >= 4 is 17.5 Å². The van der Waals surface area contributed by atoms with Crippen LogP contribution in [-0.2, 0) is 14.4 Å². The molecule has 2 unspecified atom stereocenters. The number of rotatable bonds is 7. The van der Waals surface area contributed by atoms with Crippen LogP contribution in [0.2, 0.25) is 0 Å². The van der Waals surface area contributed by atoms with Crippen molar-refractivity contribution in [2.24, 2.45) is 23.7 Å². The van der Waals surface area contributed by atoms with Gasteiger partial charge in [0.1, 0.15) is 11.7 Å². The van der Waals surface area contributed by atoms with E-state index >= 15 is 0 Å². The normalized spacial score (nSPS) is 26.9. The van der Waals surface area contributed by atoms with Crippen LogP contribution in [0.4, 0.5) is 0 Å². The zero-order chi connectivity index (χ0) is 21.1. The molecule has 3 rings (SSSR count). The molecule has 0 spiro atoms. The van der Waals surface area contributed by atoms with Crippen molar-refractivity contribution in [1.82, 2.24) is 4.90 Å². The zero-order valence-electron chi connectivity index (χ0n) is 18.2. The minimum absolute atomic E-state index is 0.0243. The van der Waals surface area contributed by atoms with Gasteiger partial charge in [-0.15, -0.1) is 0 Å². The molecule has 3 aliphatic rings. The van der Waals surface area contributed by atoms with E-state index in [-0.39, 0.29) is 23.4 Å². The average molecular weight is 398 g/mol. The number of hydrogen-bond acceptors (Lipinski definition) is 3. The van der Waals surface area contributed by atoms with Crippen LogP contribution in [0.5, 0.6) is 0 Å². The number of Topliss-reactive ketones (excluding diaryl/α,β-unsaturated/α-hetero) is 2. The lowest BCUT2D eigenvalue weighted by Gasteiger charge is -2.33. The van der Waals surface area contributed by atoms with E-state index in [2.05, 4.69) is 19.6 Å². The van der Waals surface area contributed by atoms with Gasteiger partial charge in [-0.25, -0.2) is 0 Å². The maximum atomic E-state index is 13.0. The van der Waals surface area contributed by atoms with E-state index in [0.29, 0.717) is 23.8 Å². The van der Waals surface area contributed by atoms with Crippen molar-refractivity contribution in [1.29, 1.82) is 0 Å². The predicted molar refractivity (Wildman–Crippen MR) is 115 cm³/mol. The molecular weight excluding hydrogens is 362 g/mol. The fraction of sp³-hybridized carbons (Fsp3) is 0.640. The Morgan fingerprint density at radius 3 is 2.38 bits per heavy atom. The van der Waals surface area contributed by atoms with E-state index in [4.69, 9.17) is 0 Å². The number of nitrogens with zero attached hydrogens (tertiary/aromatic N) is 1. The molecule has 1 aliphatic heterocycles. The Kier molecular flexibility index (Phi) is 6.92. The largest absolute Gasteiger partial charge is 0.342 e. The van der Waals surface area contributed by atoms with E-state index in [0.717, 1.165) is 62.8 Å². The molecule has 1 amide bonds. The van der Waals surface area contributed by atoms with E-state index in [1.54, 1.807) is 0 Å². The Balaban J connectivity index is 1.56. The van der Waals surface area contributed by atoms with Crippen molar-refractivity contribution in [2.75, 3.05) is 13.1 Å². The highest BCUT2D eigenvalue weighted by atomic mass is 16.2. The van der Waals surface area contributed by atoms with Crippen molar-refractivity contribution in [2.45, 2.75) is 65.7 Å². The number of carbonyl (C=O) groups is 3. The molecule has 0 radical (unpaired) electrons. The monoisotopic (exact) mass is 397 g/mol. The highest BCUT2D eigenvalue weighted by molar-refractivity contribution is 6.12. The van der Waals surface area contributed by atoms with Crippen LogP contribution >= 0.6 is 0 Å². The first-order chi connectivity index (χ1) is 13.8. The van der Waals surface area contributed by atoms with Crippen molar-refractivity contribution in [3.05, 3.63) is 35.5 Å². The third kappa shape index (κ3) is 5.15. The number of amides is 1. The Hall–Kier alpha value is -1.97. The summed E-state index contributed by atoms with van der Waals surface area (Å²) in [7, 11) is 0. The number of hydrogen-bond donors (Lipinski definition) is 0. The summed E-state index contributed by atoms with van der Waals surface area (Å²) in [5.74, 6) is 0.263. The summed E-state index contributed by atoms with van der Waals surface area (Å²) in [5.41, 5.74) is 2.72. The summed E-state index contributed by atoms with van der Waals surface area (Å²) in [4.78, 5) is 39.9. The summed E-state index contributed by atoms with van der Waals surface area (Å²) in [6.07, 6.45) is 10.2. The Bertz CT molecular complexity index is 748. The highest BCUT2D eigenvalue weighted by Crippen LogP contribution is 2.38. The van der Waals surface area contributed by atoms with Crippen LogP contribution in [0.1, 0.15) is 65.7 Å². The van der Waals surface area contributed by atoms with Crippen LogP contribution in [0.3, 0.4) is 0 Å². The van der Waals surface area contributed by atoms with Crippen molar-refractivity contribution < 1.29 is 14.4 Å². The molecule has 1 heterocycles. The van der Waals surface area contributed by atoms with Gasteiger partial charge in [-0.1, -0.05) is 31.2 Å². The smallest absolute Gasteiger partial charge is 0.225 e. The Labute approximate surface area is 175 Å². The van der Waals surface area contributed by atoms with Gasteiger partial charge in [0.25, 0.3) is 0 Å². The molecule has 4 heteroatoms. The fourth-order valence-electron chi connectivity index (χ4n) is 4.84. The van der Waals surface area contributed by atoms with Gasteiger partial charge in [-0.3, -0.25) is 14.4 Å². The third-order valence-electron chi connectivity index (χ3n) is 6.75. The molecule has 0 aromatic carbocycles. The van der Waals surface area contributed by atoms with Crippen LogP contribution < -0.4 is 0 Å². The molecule has 0 aromatic heterocycles. The molecule has 0 bridgehead atoms. The van der Waals surface area contributed by atoms with Crippen molar-refractivity contribution in [3.63, 3.8) is 0 Å². The first-order valence-corrected chi connectivity index (χ1v) is 11.2. The average Bonchev–Trinajstić information content (AvgIpc) is 3.49. The zero-order valence-corrected chi connectivity index (χ0v) is 18.2. The number of likely N-dealkylation sites (tertiary alicyclic amines) is 1. The van der Waals surface area contributed by atoms with Gasteiger partial charge in [-0.2, -0.15) is 0 Å². The number of carbonyl (C=O) groups excluding carboxylic acids is 3. The topological polar surface area (TPSA) is 54.5 Å². The minimum atomic E-state index is -0.665. The van der Waals surface area contributed by atoms with Gasteiger partial charge >= 0.3 is 0 Å². The lowest BCUT2D eigenvalue weighted by molar-refractivity contribution is -0.134. The molecule has 2 aliphatic carbocycles. The van der Waals surface area contributed by atoms with Gasteiger partial charge in [-0.05, 0) is 69.4 Å². The Morgan fingerprint density at radius 2 is 1.79 bits per heavy atom. The molecule has 3 fully saturated rings. The van der Waals surface area contributed by atoms with Gasteiger partial charge in [0.05, 0.1) is 0 Å². The minimum Gasteiger partial charge on any atom is -0.342 e. The Morgan fingerprint density at radius 1 is 1.14 bits per heavy atom. The summed E-state index contributed by atoms with van der Waals surface area (Å²) in [6, 6.07) is 0. The quantitative estimate of drug-likeness (QED) is 0.464. The summed E-state index contributed by atoms with van der Waals surface area (Å²) >= 11 is 0. The molecular formula is C25H35NO3. The van der Waals surface area contributed by atoms with Crippen LogP contribution in [0, 0.1) is 23.7 Å². The van der Waals surface area contributed by atoms with Crippen LogP contribution in [-0.4, -0.2) is 35.5 Å². The third-order valence-corrected chi connectivity index (χ3v) is 6.75. The highest BCUT2D eigenvalue weighted by Gasteiger charge is 2.44. The second-order valence-corrected chi connectivity index (χ2v) is 9.19. The second-order valence-electron chi connectivity index (χ2n) is 9.19. The number of allylic oxidation sites excluding steroid dienone is 5. The maximum absolute atomic E-state index is 13.0. The van der Waals surface area contributed by atoms with Gasteiger partial charge in [0.15, 0.2) is 5.78 Å². The van der Waals surface area contributed by atoms with Gasteiger partial charge in [0, 0.05) is 31.3 Å². The van der Waals surface area contributed by atoms with Crippen LogP contribution in [0.15, 0.2) is 35.5 Å². The molecule has 158 valence electrons. The van der Waals surface area contributed by atoms with Gasteiger partial charge in [0.2, 0.25) is 5.91 Å². The molecule has 1 saturated heterocycles. The fourth-order valence-corrected chi connectivity index (χ4v) is 4.84. The first-order valence-electron chi connectivity index (χ1n) is 11.2. The molecule has 29 heavy (non-hydrogen) atoms. The number of piperidine rings is 1. The predicted octanol–water partition coefficient (Wildman–Crippen LogP) is 4.66. The number of ketones is 2. The van der Waals surface area contributed by atoms with Crippen molar-refractivity contribution in [3.8, 4) is 0 Å². The molecule has 0 N–H and O–H groups in total. The summed E-state index contributed by atoms with van der Waals surface area (Å²) in [6.45, 7) is 11.8. The van der Waals surface area contributed by atoms with E-state index in [1.807, 2.05) is 24.8 Å². The molecule has 2 atom stereocenters. The van der Waals surface area contributed by atoms with Crippen LogP contribution in [0.25, 0.3) is 0 Å². The molecule has 0 aromatic rings. The molecule has 2 saturated carbocycles. The van der Waals surface area contributed by atoms with Gasteiger partial charge < -0.3 is 4.90 Å². The van der Waals surface area contributed by atoms with E-state index in [9.17, 15) is 14.4 Å². The lowest BCUT2D eigenvalue weighted by atomic mass is 9.84.